The first-order valence-corrected chi connectivity index (χ1v) is 6.84. The second-order valence-electron chi connectivity index (χ2n) is 5.27. The second kappa shape index (κ2) is 7.60. The van der Waals surface area contributed by atoms with E-state index in [1.54, 1.807) is 12.1 Å². The Morgan fingerprint density at radius 2 is 2.15 bits per heavy atom. The minimum atomic E-state index is -0.205. The first-order chi connectivity index (χ1) is 9.16. The molecule has 1 aromatic rings. The average Bonchev–Trinajstić information content (AvgIpc) is 3.18. The SMILES string of the molecule is CNCCCC(=O)NCC1(c2cccc(F)c2)CC1.Cl. The van der Waals surface area contributed by atoms with Crippen LogP contribution in [0, 0.1) is 5.82 Å². The van der Waals surface area contributed by atoms with Gasteiger partial charge in [-0.15, -0.1) is 12.4 Å². The van der Waals surface area contributed by atoms with E-state index in [0.717, 1.165) is 31.4 Å². The van der Waals surface area contributed by atoms with Crippen molar-refractivity contribution in [2.45, 2.75) is 31.1 Å². The van der Waals surface area contributed by atoms with Crippen LogP contribution in [0.15, 0.2) is 24.3 Å². The number of carbonyl (C=O) groups is 1. The molecule has 1 amide bonds. The van der Waals surface area contributed by atoms with Crippen LogP contribution in [0.1, 0.15) is 31.2 Å². The molecule has 1 aliphatic rings. The Bertz CT molecular complexity index is 449. The molecule has 2 rings (SSSR count). The molecule has 0 spiro atoms. The summed E-state index contributed by atoms with van der Waals surface area (Å²) in [6, 6.07) is 6.72. The number of hydrogen-bond acceptors (Lipinski definition) is 2. The first-order valence-electron chi connectivity index (χ1n) is 6.84. The molecular weight excluding hydrogens is 279 g/mol. The van der Waals surface area contributed by atoms with E-state index < -0.39 is 0 Å². The van der Waals surface area contributed by atoms with Gasteiger partial charge in [0.1, 0.15) is 5.82 Å². The van der Waals surface area contributed by atoms with Gasteiger partial charge in [0.15, 0.2) is 0 Å². The normalized spacial score (nSPS) is 15.3. The van der Waals surface area contributed by atoms with Crippen LogP contribution in [0.3, 0.4) is 0 Å². The fourth-order valence-electron chi connectivity index (χ4n) is 2.32. The molecule has 3 nitrogen and oxygen atoms in total. The molecule has 20 heavy (non-hydrogen) atoms. The highest BCUT2D eigenvalue weighted by Gasteiger charge is 2.44. The molecule has 0 aromatic heterocycles. The van der Waals surface area contributed by atoms with Crippen molar-refractivity contribution in [3.63, 3.8) is 0 Å². The van der Waals surface area contributed by atoms with Crippen molar-refractivity contribution in [1.82, 2.24) is 10.6 Å². The van der Waals surface area contributed by atoms with Crippen molar-refractivity contribution in [1.29, 1.82) is 0 Å². The zero-order valence-corrected chi connectivity index (χ0v) is 12.6. The summed E-state index contributed by atoms with van der Waals surface area (Å²) >= 11 is 0. The molecule has 0 unspecified atom stereocenters. The lowest BCUT2D eigenvalue weighted by molar-refractivity contribution is -0.121. The lowest BCUT2D eigenvalue weighted by atomic mass is 9.96. The Balaban J connectivity index is 0.00000200. The molecule has 2 N–H and O–H groups in total. The highest BCUT2D eigenvalue weighted by Crippen LogP contribution is 2.47. The third-order valence-electron chi connectivity index (χ3n) is 3.75. The van der Waals surface area contributed by atoms with Crippen LogP contribution in [-0.2, 0) is 10.2 Å². The van der Waals surface area contributed by atoms with Crippen LogP contribution in [0.5, 0.6) is 0 Å². The molecule has 0 saturated heterocycles. The predicted octanol–water partition coefficient (Wildman–Crippen LogP) is 2.39. The lowest BCUT2D eigenvalue weighted by Gasteiger charge is -2.16. The number of hydrogen-bond donors (Lipinski definition) is 2. The molecule has 0 radical (unpaired) electrons. The Kier molecular flexibility index (Phi) is 6.43. The number of rotatable bonds is 7. The highest BCUT2D eigenvalue weighted by molar-refractivity contribution is 5.85. The molecule has 1 aliphatic carbocycles. The summed E-state index contributed by atoms with van der Waals surface area (Å²) in [5, 5.41) is 5.99. The largest absolute Gasteiger partial charge is 0.355 e. The van der Waals surface area contributed by atoms with E-state index in [1.165, 1.54) is 6.07 Å². The van der Waals surface area contributed by atoms with Gasteiger partial charge in [0, 0.05) is 18.4 Å². The van der Waals surface area contributed by atoms with Crippen LogP contribution in [0.25, 0.3) is 0 Å². The number of carbonyl (C=O) groups excluding carboxylic acids is 1. The molecule has 0 atom stereocenters. The summed E-state index contributed by atoms with van der Waals surface area (Å²) < 4.78 is 13.2. The molecule has 1 saturated carbocycles. The fraction of sp³-hybridized carbons (Fsp3) is 0.533. The van der Waals surface area contributed by atoms with Gasteiger partial charge in [0.2, 0.25) is 5.91 Å². The van der Waals surface area contributed by atoms with Gasteiger partial charge in [-0.2, -0.15) is 0 Å². The highest BCUT2D eigenvalue weighted by atomic mass is 35.5. The van der Waals surface area contributed by atoms with Gasteiger partial charge < -0.3 is 10.6 Å². The van der Waals surface area contributed by atoms with Crippen molar-refractivity contribution in [3.8, 4) is 0 Å². The van der Waals surface area contributed by atoms with Crippen LogP contribution in [0.4, 0.5) is 4.39 Å². The van der Waals surface area contributed by atoms with Crippen molar-refractivity contribution in [2.24, 2.45) is 0 Å². The molecule has 1 aromatic carbocycles. The second-order valence-corrected chi connectivity index (χ2v) is 5.27. The van der Waals surface area contributed by atoms with Gasteiger partial charge in [0.25, 0.3) is 0 Å². The van der Waals surface area contributed by atoms with Gasteiger partial charge in [-0.1, -0.05) is 12.1 Å². The maximum absolute atomic E-state index is 13.2. The lowest BCUT2D eigenvalue weighted by Crippen LogP contribution is -2.32. The Morgan fingerprint density at radius 1 is 1.40 bits per heavy atom. The third kappa shape index (κ3) is 4.46. The number of nitrogens with one attached hydrogen (secondary N) is 2. The minimum absolute atomic E-state index is 0. The van der Waals surface area contributed by atoms with Crippen molar-refractivity contribution < 1.29 is 9.18 Å². The third-order valence-corrected chi connectivity index (χ3v) is 3.75. The summed E-state index contributed by atoms with van der Waals surface area (Å²) in [6.07, 6.45) is 3.43. The maximum atomic E-state index is 13.2. The van der Waals surface area contributed by atoms with Crippen LogP contribution in [-0.4, -0.2) is 26.0 Å². The van der Waals surface area contributed by atoms with Gasteiger partial charge in [-0.05, 0) is 50.6 Å². The van der Waals surface area contributed by atoms with E-state index in [0.29, 0.717) is 13.0 Å². The van der Waals surface area contributed by atoms with Gasteiger partial charge in [-0.25, -0.2) is 4.39 Å². The Hall–Kier alpha value is -1.13. The predicted molar refractivity (Wildman–Crippen MR) is 80.7 cm³/mol. The van der Waals surface area contributed by atoms with E-state index >= 15 is 0 Å². The van der Waals surface area contributed by atoms with Gasteiger partial charge in [-0.3, -0.25) is 4.79 Å². The summed E-state index contributed by atoms with van der Waals surface area (Å²) in [4.78, 5) is 11.7. The zero-order chi connectivity index (χ0) is 13.7. The Morgan fingerprint density at radius 3 is 2.75 bits per heavy atom. The van der Waals surface area contributed by atoms with Gasteiger partial charge >= 0.3 is 0 Å². The smallest absolute Gasteiger partial charge is 0.220 e. The minimum Gasteiger partial charge on any atom is -0.355 e. The number of halogens is 2. The van der Waals surface area contributed by atoms with E-state index in [1.807, 2.05) is 13.1 Å². The number of benzene rings is 1. The molecule has 0 aliphatic heterocycles. The van der Waals surface area contributed by atoms with E-state index in [2.05, 4.69) is 10.6 Å². The standard InChI is InChI=1S/C15H21FN2O.ClH/c1-17-9-3-6-14(19)18-11-15(7-8-15)12-4-2-5-13(16)10-12;/h2,4-5,10,17H,3,6-9,11H2,1H3,(H,18,19);1H. The first kappa shape index (κ1) is 16.9. The van der Waals surface area contributed by atoms with E-state index in [4.69, 9.17) is 0 Å². The summed E-state index contributed by atoms with van der Waals surface area (Å²) in [5.41, 5.74) is 0.976. The molecule has 0 bridgehead atoms. The van der Waals surface area contributed by atoms with Crippen LogP contribution >= 0.6 is 12.4 Å². The Labute approximate surface area is 125 Å². The van der Waals surface area contributed by atoms with E-state index in [9.17, 15) is 9.18 Å². The summed E-state index contributed by atoms with van der Waals surface area (Å²) in [7, 11) is 1.88. The van der Waals surface area contributed by atoms with Crippen LogP contribution < -0.4 is 10.6 Å². The van der Waals surface area contributed by atoms with Gasteiger partial charge in [0.05, 0.1) is 0 Å². The summed E-state index contributed by atoms with van der Waals surface area (Å²) in [5.74, 6) is -0.123. The molecule has 0 heterocycles. The van der Waals surface area contributed by atoms with E-state index in [-0.39, 0.29) is 29.5 Å². The quantitative estimate of drug-likeness (QED) is 0.759. The molecular formula is C15H22ClFN2O. The summed E-state index contributed by atoms with van der Waals surface area (Å²) in [6.45, 7) is 1.47. The zero-order valence-electron chi connectivity index (χ0n) is 11.7. The average molecular weight is 301 g/mol. The van der Waals surface area contributed by atoms with Crippen molar-refractivity contribution >= 4 is 18.3 Å². The van der Waals surface area contributed by atoms with Crippen molar-refractivity contribution in [2.75, 3.05) is 20.1 Å². The molecule has 5 heteroatoms. The molecule has 1 fully saturated rings. The monoisotopic (exact) mass is 300 g/mol. The van der Waals surface area contributed by atoms with Crippen molar-refractivity contribution in [3.05, 3.63) is 35.6 Å². The fourth-order valence-corrected chi connectivity index (χ4v) is 2.32. The topological polar surface area (TPSA) is 41.1 Å². The number of amides is 1. The maximum Gasteiger partial charge on any atom is 0.220 e. The van der Waals surface area contributed by atoms with Crippen LogP contribution in [0.2, 0.25) is 0 Å². The molecule has 112 valence electrons.